The Bertz CT molecular complexity index is 838. The van der Waals surface area contributed by atoms with Crippen molar-refractivity contribution in [3.05, 3.63) is 45.7 Å². The van der Waals surface area contributed by atoms with Crippen molar-refractivity contribution in [2.75, 3.05) is 19.6 Å². The van der Waals surface area contributed by atoms with Crippen molar-refractivity contribution in [2.24, 2.45) is 0 Å². The first-order chi connectivity index (χ1) is 12.5. The molecule has 0 unspecified atom stereocenters. The third kappa shape index (κ3) is 3.05. The van der Waals surface area contributed by atoms with E-state index >= 15 is 0 Å². The van der Waals surface area contributed by atoms with Gasteiger partial charge in [0.1, 0.15) is 11.0 Å². The summed E-state index contributed by atoms with van der Waals surface area (Å²) in [5, 5.41) is 0.883. The molecule has 0 bridgehead atoms. The molecule has 2 fully saturated rings. The van der Waals surface area contributed by atoms with Gasteiger partial charge in [-0.1, -0.05) is 6.07 Å². The Kier molecular flexibility index (Phi) is 4.36. The molecule has 2 atom stereocenters. The largest absolute Gasteiger partial charge is 0.442 e. The van der Waals surface area contributed by atoms with E-state index in [0.717, 1.165) is 16.4 Å². The third-order valence-corrected chi connectivity index (χ3v) is 5.90. The van der Waals surface area contributed by atoms with Crippen LogP contribution in [0.4, 0.5) is 4.79 Å². The van der Waals surface area contributed by atoms with Crippen molar-refractivity contribution in [1.82, 2.24) is 19.8 Å². The molecular weight excluding hydrogens is 352 g/mol. The van der Waals surface area contributed by atoms with Gasteiger partial charge in [-0.2, -0.15) is 0 Å². The zero-order valence-electron chi connectivity index (χ0n) is 14.7. The molecule has 2 aromatic rings. The van der Waals surface area contributed by atoms with Crippen molar-refractivity contribution in [3.8, 4) is 0 Å². The van der Waals surface area contributed by atoms with Gasteiger partial charge in [0, 0.05) is 31.4 Å². The first-order valence-electron chi connectivity index (χ1n) is 8.63. The van der Waals surface area contributed by atoms with Crippen LogP contribution in [0.3, 0.4) is 0 Å². The quantitative estimate of drug-likeness (QED) is 0.821. The first kappa shape index (κ1) is 17.0. The molecule has 0 aliphatic carbocycles. The van der Waals surface area contributed by atoms with Gasteiger partial charge in [0.25, 0.3) is 5.91 Å². The highest BCUT2D eigenvalue weighted by molar-refractivity contribution is 7.13. The molecule has 0 N–H and O–H groups in total. The van der Waals surface area contributed by atoms with Gasteiger partial charge in [-0.3, -0.25) is 14.7 Å². The molecular formula is C18H20N4O3S. The van der Waals surface area contributed by atoms with Crippen LogP contribution in [0, 0.1) is 13.8 Å². The number of hydrogen-bond donors (Lipinski definition) is 0. The van der Waals surface area contributed by atoms with Crippen molar-refractivity contribution in [2.45, 2.75) is 32.4 Å². The van der Waals surface area contributed by atoms with E-state index in [9.17, 15) is 9.59 Å². The van der Waals surface area contributed by atoms with E-state index in [2.05, 4.69) is 9.97 Å². The lowest BCUT2D eigenvalue weighted by Crippen LogP contribution is -2.40. The zero-order valence-corrected chi connectivity index (χ0v) is 15.5. The standard InChI is InChI=1S/C18H20N4O3S/c1-11-16(26-12(2)20-11)17(23)21-9-14-15(10-21)25-18(24)22(14)8-6-13-5-3-4-7-19-13/h3-5,7,14-15H,6,8-10H2,1-2H3/t14-,15+/m1/s1. The Morgan fingerprint density at radius 2 is 2.19 bits per heavy atom. The summed E-state index contributed by atoms with van der Waals surface area (Å²) in [6.45, 7) is 5.22. The second kappa shape index (κ2) is 6.68. The second-order valence-corrected chi connectivity index (χ2v) is 7.81. The maximum absolute atomic E-state index is 12.8. The van der Waals surface area contributed by atoms with E-state index in [-0.39, 0.29) is 24.1 Å². The maximum Gasteiger partial charge on any atom is 0.410 e. The van der Waals surface area contributed by atoms with E-state index < -0.39 is 0 Å². The van der Waals surface area contributed by atoms with Crippen LogP contribution in [-0.2, 0) is 11.2 Å². The Morgan fingerprint density at radius 3 is 2.88 bits per heavy atom. The molecule has 4 heterocycles. The molecule has 2 aromatic heterocycles. The van der Waals surface area contributed by atoms with Gasteiger partial charge in [0.15, 0.2) is 0 Å². The molecule has 0 spiro atoms. The van der Waals surface area contributed by atoms with Gasteiger partial charge in [-0.05, 0) is 26.0 Å². The highest BCUT2D eigenvalue weighted by Gasteiger charge is 2.49. The van der Waals surface area contributed by atoms with Crippen LogP contribution in [0.25, 0.3) is 0 Å². The average Bonchev–Trinajstić information content (AvgIpc) is 3.26. The van der Waals surface area contributed by atoms with Crippen molar-refractivity contribution in [1.29, 1.82) is 0 Å². The monoisotopic (exact) mass is 372 g/mol. The Labute approximate surface area is 155 Å². The fraction of sp³-hybridized carbons (Fsp3) is 0.444. The Morgan fingerprint density at radius 1 is 1.35 bits per heavy atom. The molecule has 8 heteroatoms. The fourth-order valence-electron chi connectivity index (χ4n) is 3.58. The minimum atomic E-state index is -0.298. The lowest BCUT2D eigenvalue weighted by Gasteiger charge is -2.22. The molecule has 136 valence electrons. The van der Waals surface area contributed by atoms with E-state index in [1.165, 1.54) is 11.3 Å². The highest BCUT2D eigenvalue weighted by atomic mass is 32.1. The summed E-state index contributed by atoms with van der Waals surface area (Å²) in [5.41, 5.74) is 1.70. The minimum Gasteiger partial charge on any atom is -0.442 e. The molecule has 7 nitrogen and oxygen atoms in total. The lowest BCUT2D eigenvalue weighted by molar-refractivity contribution is 0.0732. The van der Waals surface area contributed by atoms with Crippen LogP contribution in [0.1, 0.15) is 26.1 Å². The van der Waals surface area contributed by atoms with Crippen LogP contribution in [0.15, 0.2) is 24.4 Å². The van der Waals surface area contributed by atoms with E-state index in [0.29, 0.717) is 30.9 Å². The van der Waals surface area contributed by atoms with Crippen LogP contribution in [0.5, 0.6) is 0 Å². The first-order valence-corrected chi connectivity index (χ1v) is 9.45. The van der Waals surface area contributed by atoms with Crippen LogP contribution in [0.2, 0.25) is 0 Å². The summed E-state index contributed by atoms with van der Waals surface area (Å²) < 4.78 is 5.50. The minimum absolute atomic E-state index is 0.0248. The summed E-state index contributed by atoms with van der Waals surface area (Å²) in [4.78, 5) is 37.8. The number of rotatable bonds is 4. The zero-order chi connectivity index (χ0) is 18.3. The number of aromatic nitrogens is 2. The summed E-state index contributed by atoms with van der Waals surface area (Å²) in [7, 11) is 0. The second-order valence-electron chi connectivity index (χ2n) is 6.61. The number of carbonyl (C=O) groups is 2. The SMILES string of the molecule is Cc1nc(C)c(C(=O)N2C[C@@H]3OC(=O)N(CCc4ccccn4)[C@@H]3C2)s1. The molecule has 2 amide bonds. The Balaban J connectivity index is 1.44. The smallest absolute Gasteiger partial charge is 0.410 e. The molecule has 4 rings (SSSR count). The lowest BCUT2D eigenvalue weighted by atomic mass is 10.2. The highest BCUT2D eigenvalue weighted by Crippen LogP contribution is 2.29. The van der Waals surface area contributed by atoms with Crippen LogP contribution >= 0.6 is 11.3 Å². The summed E-state index contributed by atoms with van der Waals surface area (Å²) >= 11 is 1.41. The number of ether oxygens (including phenoxy) is 1. The maximum atomic E-state index is 12.8. The summed E-state index contributed by atoms with van der Waals surface area (Å²) in [6, 6.07) is 5.65. The number of pyridine rings is 1. The number of fused-ring (bicyclic) bond motifs is 1. The van der Waals surface area contributed by atoms with Gasteiger partial charge in [-0.25, -0.2) is 9.78 Å². The normalized spacial score (nSPS) is 21.8. The number of nitrogens with zero attached hydrogens (tertiary/aromatic N) is 4. The number of thiazole rings is 1. The van der Waals surface area contributed by atoms with E-state index in [1.807, 2.05) is 32.0 Å². The van der Waals surface area contributed by atoms with Gasteiger partial charge >= 0.3 is 6.09 Å². The predicted octanol–water partition coefficient (Wildman–Crippen LogP) is 2.04. The van der Waals surface area contributed by atoms with Gasteiger partial charge in [0.2, 0.25) is 0 Å². The number of amides is 2. The number of aryl methyl sites for hydroxylation is 2. The number of carbonyl (C=O) groups excluding carboxylic acids is 2. The van der Waals surface area contributed by atoms with Crippen LogP contribution < -0.4 is 0 Å². The molecule has 2 aliphatic heterocycles. The van der Waals surface area contributed by atoms with Crippen LogP contribution in [-0.4, -0.2) is 63.5 Å². The van der Waals surface area contributed by atoms with Crippen molar-refractivity contribution >= 4 is 23.3 Å². The molecule has 26 heavy (non-hydrogen) atoms. The summed E-state index contributed by atoms with van der Waals surface area (Å²) in [6.07, 6.45) is 1.85. The average molecular weight is 372 g/mol. The van der Waals surface area contributed by atoms with Crippen molar-refractivity contribution in [3.63, 3.8) is 0 Å². The van der Waals surface area contributed by atoms with E-state index in [4.69, 9.17) is 4.74 Å². The van der Waals surface area contributed by atoms with E-state index in [1.54, 1.807) is 16.0 Å². The number of likely N-dealkylation sites (tertiary alicyclic amines) is 1. The predicted molar refractivity (Wildman–Crippen MR) is 96.2 cm³/mol. The van der Waals surface area contributed by atoms with Gasteiger partial charge in [0.05, 0.1) is 23.3 Å². The molecule has 2 saturated heterocycles. The van der Waals surface area contributed by atoms with Gasteiger partial charge < -0.3 is 9.64 Å². The van der Waals surface area contributed by atoms with Gasteiger partial charge in [-0.15, -0.1) is 11.3 Å². The molecule has 0 aromatic carbocycles. The molecule has 0 radical (unpaired) electrons. The third-order valence-electron chi connectivity index (χ3n) is 4.84. The van der Waals surface area contributed by atoms with Crippen molar-refractivity contribution < 1.29 is 14.3 Å². The summed E-state index contributed by atoms with van der Waals surface area (Å²) in [5.74, 6) is -0.0248. The number of hydrogen-bond acceptors (Lipinski definition) is 6. The Hall–Kier alpha value is -2.48. The topological polar surface area (TPSA) is 75.6 Å². The molecule has 2 aliphatic rings. The molecule has 0 saturated carbocycles. The fourth-order valence-corrected chi connectivity index (χ4v) is 4.47.